The molecule has 7 heteroatoms. The van der Waals surface area contributed by atoms with Gasteiger partial charge in [-0.1, -0.05) is 59.8 Å². The van der Waals surface area contributed by atoms with Gasteiger partial charge in [0.05, 0.1) is 17.0 Å². The van der Waals surface area contributed by atoms with Crippen LogP contribution in [0, 0.1) is 6.92 Å². The summed E-state index contributed by atoms with van der Waals surface area (Å²) in [6, 6.07) is 11.6. The first-order valence-electron chi connectivity index (χ1n) is 8.74. The van der Waals surface area contributed by atoms with Crippen LogP contribution in [0.5, 0.6) is 11.5 Å². The Morgan fingerprint density at radius 1 is 1.29 bits per heavy atom. The van der Waals surface area contributed by atoms with Crippen LogP contribution in [0.2, 0.25) is 5.02 Å². The van der Waals surface area contributed by atoms with E-state index in [0.717, 1.165) is 16.7 Å². The van der Waals surface area contributed by atoms with Crippen LogP contribution in [0.3, 0.4) is 0 Å². The molecule has 0 radical (unpaired) electrons. The Bertz CT molecular complexity index is 959. The van der Waals surface area contributed by atoms with E-state index >= 15 is 0 Å². The summed E-state index contributed by atoms with van der Waals surface area (Å²) in [4.78, 5) is 14.6. The highest BCUT2D eigenvalue weighted by atomic mass is 35.5. The van der Waals surface area contributed by atoms with Gasteiger partial charge in [0, 0.05) is 6.54 Å². The molecule has 1 aliphatic heterocycles. The second-order valence-electron chi connectivity index (χ2n) is 6.18. The number of hydrogen-bond acceptors (Lipinski definition) is 5. The minimum absolute atomic E-state index is 0.0903. The number of ether oxygens (including phenoxy) is 2. The number of hydrogen-bond donors (Lipinski definition) is 0. The van der Waals surface area contributed by atoms with E-state index < -0.39 is 0 Å². The van der Waals surface area contributed by atoms with E-state index in [9.17, 15) is 4.79 Å². The van der Waals surface area contributed by atoms with Crippen molar-refractivity contribution in [2.45, 2.75) is 20.5 Å². The lowest BCUT2D eigenvalue weighted by Gasteiger charge is -2.14. The van der Waals surface area contributed by atoms with Gasteiger partial charge in [-0.15, -0.1) is 0 Å². The van der Waals surface area contributed by atoms with E-state index in [1.807, 2.05) is 38.1 Å². The Morgan fingerprint density at radius 2 is 2.04 bits per heavy atom. The number of halogens is 1. The van der Waals surface area contributed by atoms with Gasteiger partial charge in [-0.25, -0.2) is 0 Å². The van der Waals surface area contributed by atoms with Crippen LogP contribution < -0.4 is 9.47 Å². The maximum Gasteiger partial charge on any atom is 0.266 e. The molecule has 1 heterocycles. The van der Waals surface area contributed by atoms with Crippen LogP contribution in [0.1, 0.15) is 23.6 Å². The van der Waals surface area contributed by atoms with Crippen molar-refractivity contribution < 1.29 is 14.3 Å². The van der Waals surface area contributed by atoms with Gasteiger partial charge in [0.15, 0.2) is 11.5 Å². The highest BCUT2D eigenvalue weighted by Gasteiger charge is 2.30. The van der Waals surface area contributed by atoms with Crippen molar-refractivity contribution in [2.75, 3.05) is 13.7 Å². The summed E-state index contributed by atoms with van der Waals surface area (Å²) in [5.41, 5.74) is 2.97. The zero-order chi connectivity index (χ0) is 20.3. The summed E-state index contributed by atoms with van der Waals surface area (Å²) in [6.45, 7) is 4.87. The van der Waals surface area contributed by atoms with Crippen molar-refractivity contribution in [2.24, 2.45) is 0 Å². The van der Waals surface area contributed by atoms with E-state index in [1.165, 1.54) is 11.8 Å². The summed E-state index contributed by atoms with van der Waals surface area (Å²) < 4.78 is 12.0. The largest absolute Gasteiger partial charge is 0.493 e. The molecule has 0 N–H and O–H groups in total. The number of carbonyl (C=O) groups excluding carboxylic acids is 1. The predicted octanol–water partition coefficient (Wildman–Crippen LogP) is 5.46. The average molecular weight is 434 g/mol. The van der Waals surface area contributed by atoms with Crippen molar-refractivity contribution in [1.29, 1.82) is 0 Å². The number of carbonyl (C=O) groups is 1. The van der Waals surface area contributed by atoms with Crippen LogP contribution >= 0.6 is 35.6 Å². The molecule has 4 nitrogen and oxygen atoms in total. The number of thioether (sulfide) groups is 1. The van der Waals surface area contributed by atoms with E-state index in [2.05, 4.69) is 0 Å². The molecule has 1 fully saturated rings. The molecule has 0 unspecified atom stereocenters. The first kappa shape index (κ1) is 20.7. The fraction of sp³-hybridized carbons (Fsp3) is 0.238. The van der Waals surface area contributed by atoms with Gasteiger partial charge in [-0.3, -0.25) is 9.69 Å². The van der Waals surface area contributed by atoms with Gasteiger partial charge in [0.1, 0.15) is 10.9 Å². The maximum atomic E-state index is 12.4. The van der Waals surface area contributed by atoms with E-state index in [-0.39, 0.29) is 5.91 Å². The zero-order valence-electron chi connectivity index (χ0n) is 15.8. The lowest BCUT2D eigenvalue weighted by Crippen LogP contribution is -2.27. The third kappa shape index (κ3) is 4.35. The molecular weight excluding hydrogens is 414 g/mol. The summed E-state index contributed by atoms with van der Waals surface area (Å²) in [5.74, 6) is 0.899. The van der Waals surface area contributed by atoms with Gasteiger partial charge in [-0.05, 0) is 48.7 Å². The van der Waals surface area contributed by atoms with Gasteiger partial charge in [-0.2, -0.15) is 0 Å². The molecule has 0 saturated carbocycles. The molecule has 1 saturated heterocycles. The summed E-state index contributed by atoms with van der Waals surface area (Å²) in [6.07, 6.45) is 1.77. The Morgan fingerprint density at radius 3 is 2.68 bits per heavy atom. The number of nitrogens with zero attached hydrogens (tertiary/aromatic N) is 1. The third-order valence-electron chi connectivity index (χ3n) is 4.37. The molecule has 146 valence electrons. The molecule has 2 aromatic rings. The first-order chi connectivity index (χ1) is 13.4. The highest BCUT2D eigenvalue weighted by Crippen LogP contribution is 2.39. The quantitative estimate of drug-likeness (QED) is 0.447. The smallest absolute Gasteiger partial charge is 0.266 e. The van der Waals surface area contributed by atoms with Crippen LogP contribution in [-0.4, -0.2) is 28.8 Å². The Hall–Kier alpha value is -2.02. The molecule has 1 aliphatic rings. The Labute approximate surface area is 179 Å². The molecular formula is C21H20ClNO3S2. The van der Waals surface area contributed by atoms with E-state index in [1.54, 1.807) is 30.2 Å². The minimum atomic E-state index is -0.0903. The lowest BCUT2D eigenvalue weighted by atomic mass is 10.1. The van der Waals surface area contributed by atoms with E-state index in [0.29, 0.717) is 38.9 Å². The van der Waals surface area contributed by atoms with Crippen LogP contribution in [0.4, 0.5) is 0 Å². The fourth-order valence-electron chi connectivity index (χ4n) is 2.81. The molecule has 1 amide bonds. The SMILES string of the molecule is CCN1C(=O)C(=Cc2cc(Cl)c(OCc3ccccc3C)c(OC)c2)SC1=S. The lowest BCUT2D eigenvalue weighted by molar-refractivity contribution is -0.121. The summed E-state index contributed by atoms with van der Waals surface area (Å²) >= 11 is 13.0. The molecule has 2 aromatic carbocycles. The maximum absolute atomic E-state index is 12.4. The number of aryl methyl sites for hydroxylation is 1. The molecule has 0 spiro atoms. The standard InChI is InChI=1S/C21H20ClNO3S2/c1-4-23-20(24)18(28-21(23)27)11-14-9-16(22)19(17(10-14)25-3)26-12-15-8-6-5-7-13(15)2/h5-11H,4,12H2,1-3H3. The van der Waals surface area contributed by atoms with Gasteiger partial charge in [0.25, 0.3) is 5.91 Å². The number of benzene rings is 2. The fourth-order valence-corrected chi connectivity index (χ4v) is 4.47. The van der Waals surface area contributed by atoms with Crippen molar-refractivity contribution in [3.8, 4) is 11.5 Å². The zero-order valence-corrected chi connectivity index (χ0v) is 18.2. The summed E-state index contributed by atoms with van der Waals surface area (Å²) in [7, 11) is 1.56. The van der Waals surface area contributed by atoms with Gasteiger partial charge < -0.3 is 9.47 Å². The van der Waals surface area contributed by atoms with Crippen LogP contribution in [0.25, 0.3) is 6.08 Å². The van der Waals surface area contributed by atoms with Crippen molar-refractivity contribution in [3.05, 3.63) is 63.0 Å². The Kier molecular flexibility index (Phi) is 6.65. The van der Waals surface area contributed by atoms with Crippen molar-refractivity contribution in [1.82, 2.24) is 4.90 Å². The number of likely N-dealkylation sites (N-methyl/N-ethyl adjacent to an activating group) is 1. The number of rotatable bonds is 6. The van der Waals surface area contributed by atoms with E-state index in [4.69, 9.17) is 33.3 Å². The van der Waals surface area contributed by atoms with Gasteiger partial charge >= 0.3 is 0 Å². The molecule has 0 aromatic heterocycles. The van der Waals surface area contributed by atoms with Gasteiger partial charge in [0.2, 0.25) is 0 Å². The molecule has 3 rings (SSSR count). The monoisotopic (exact) mass is 433 g/mol. The molecule has 0 aliphatic carbocycles. The Balaban J connectivity index is 1.86. The molecule has 28 heavy (non-hydrogen) atoms. The average Bonchev–Trinajstić information content (AvgIpc) is 2.94. The molecule has 0 atom stereocenters. The second-order valence-corrected chi connectivity index (χ2v) is 8.26. The second kappa shape index (κ2) is 8.99. The van der Waals surface area contributed by atoms with Crippen molar-refractivity contribution in [3.63, 3.8) is 0 Å². The topological polar surface area (TPSA) is 38.8 Å². The number of methoxy groups -OCH3 is 1. The minimum Gasteiger partial charge on any atom is -0.493 e. The number of amides is 1. The predicted molar refractivity (Wildman–Crippen MR) is 119 cm³/mol. The first-order valence-corrected chi connectivity index (χ1v) is 10.3. The van der Waals surface area contributed by atoms with Crippen LogP contribution in [-0.2, 0) is 11.4 Å². The highest BCUT2D eigenvalue weighted by molar-refractivity contribution is 8.26. The van der Waals surface area contributed by atoms with Crippen LogP contribution in [0.15, 0.2) is 41.3 Å². The van der Waals surface area contributed by atoms with Crippen molar-refractivity contribution >= 4 is 51.9 Å². The molecule has 0 bridgehead atoms. The summed E-state index contributed by atoms with van der Waals surface area (Å²) in [5, 5.41) is 0.421. The number of thiocarbonyl (C=S) groups is 1. The third-order valence-corrected chi connectivity index (χ3v) is 6.03. The normalized spacial score (nSPS) is 15.4.